The zero-order valence-electron chi connectivity index (χ0n) is 10.2. The number of hydrogen-bond acceptors (Lipinski definition) is 3. The summed E-state index contributed by atoms with van der Waals surface area (Å²) in [6.45, 7) is 4.18. The Morgan fingerprint density at radius 3 is 2.62 bits per heavy atom. The van der Waals surface area contributed by atoms with Gasteiger partial charge < -0.3 is 15.5 Å². The van der Waals surface area contributed by atoms with Gasteiger partial charge >= 0.3 is 0 Å². The van der Waals surface area contributed by atoms with Crippen molar-refractivity contribution in [1.82, 2.24) is 9.80 Å². The number of nitrogens with zero attached hydrogens (tertiary/aromatic N) is 2. The fourth-order valence-corrected chi connectivity index (χ4v) is 2.71. The van der Waals surface area contributed by atoms with Gasteiger partial charge in [-0.05, 0) is 51.7 Å². The third-order valence-electron chi connectivity index (χ3n) is 3.89. The van der Waals surface area contributed by atoms with E-state index in [1.807, 2.05) is 4.90 Å². The van der Waals surface area contributed by atoms with Crippen LogP contribution >= 0.6 is 0 Å². The van der Waals surface area contributed by atoms with Crippen molar-refractivity contribution in [2.45, 2.75) is 31.7 Å². The maximum Gasteiger partial charge on any atom is 0.239 e. The lowest BCUT2D eigenvalue weighted by Crippen LogP contribution is -2.50. The summed E-state index contributed by atoms with van der Waals surface area (Å²) in [5, 5.41) is 0. The Balaban J connectivity index is 1.82. The molecule has 1 unspecified atom stereocenters. The van der Waals surface area contributed by atoms with E-state index >= 15 is 0 Å². The lowest BCUT2D eigenvalue weighted by Gasteiger charge is -2.36. The summed E-state index contributed by atoms with van der Waals surface area (Å²) < 4.78 is 0. The van der Waals surface area contributed by atoms with Gasteiger partial charge in [0, 0.05) is 13.1 Å². The number of piperidine rings is 2. The van der Waals surface area contributed by atoms with Crippen LogP contribution in [-0.4, -0.2) is 55.0 Å². The second kappa shape index (κ2) is 5.15. The van der Waals surface area contributed by atoms with Gasteiger partial charge in [-0.1, -0.05) is 0 Å². The zero-order chi connectivity index (χ0) is 11.5. The van der Waals surface area contributed by atoms with Gasteiger partial charge in [0.2, 0.25) is 5.91 Å². The summed E-state index contributed by atoms with van der Waals surface area (Å²) in [4.78, 5) is 16.2. The molecule has 0 saturated carbocycles. The number of amides is 1. The van der Waals surface area contributed by atoms with Crippen molar-refractivity contribution in [2.75, 3.05) is 33.2 Å². The molecule has 1 amide bonds. The molecule has 1 atom stereocenters. The Labute approximate surface area is 97.8 Å². The quantitative estimate of drug-likeness (QED) is 0.734. The Hall–Kier alpha value is -0.610. The van der Waals surface area contributed by atoms with Crippen molar-refractivity contribution < 1.29 is 4.79 Å². The van der Waals surface area contributed by atoms with Crippen LogP contribution in [0.15, 0.2) is 0 Å². The number of nitrogens with two attached hydrogens (primary N) is 1. The monoisotopic (exact) mass is 225 g/mol. The molecule has 2 rings (SSSR count). The molecule has 16 heavy (non-hydrogen) atoms. The Bertz CT molecular complexity index is 249. The number of carbonyl (C=O) groups is 1. The van der Waals surface area contributed by atoms with Gasteiger partial charge in [-0.2, -0.15) is 0 Å². The van der Waals surface area contributed by atoms with Crippen LogP contribution in [0.3, 0.4) is 0 Å². The molecule has 0 aromatic rings. The SMILES string of the molecule is CN1CCC(CN2CCCC(N)C2=O)CC1. The highest BCUT2D eigenvalue weighted by atomic mass is 16.2. The molecule has 0 spiro atoms. The Kier molecular flexibility index (Phi) is 3.82. The number of likely N-dealkylation sites (tertiary alicyclic amines) is 2. The fraction of sp³-hybridized carbons (Fsp3) is 0.917. The van der Waals surface area contributed by atoms with Gasteiger partial charge in [-0.3, -0.25) is 4.79 Å². The summed E-state index contributed by atoms with van der Waals surface area (Å²) in [7, 11) is 2.16. The molecule has 0 aromatic carbocycles. The van der Waals surface area contributed by atoms with E-state index in [0.717, 1.165) is 25.9 Å². The van der Waals surface area contributed by atoms with Gasteiger partial charge in [-0.15, -0.1) is 0 Å². The molecule has 2 heterocycles. The van der Waals surface area contributed by atoms with Crippen molar-refractivity contribution >= 4 is 5.91 Å². The van der Waals surface area contributed by atoms with E-state index in [0.29, 0.717) is 5.92 Å². The van der Waals surface area contributed by atoms with E-state index in [1.54, 1.807) is 0 Å². The second-order valence-electron chi connectivity index (χ2n) is 5.28. The molecular weight excluding hydrogens is 202 g/mol. The number of carbonyl (C=O) groups excluding carboxylic acids is 1. The van der Waals surface area contributed by atoms with Crippen molar-refractivity contribution in [2.24, 2.45) is 11.7 Å². The molecule has 0 bridgehead atoms. The van der Waals surface area contributed by atoms with Crippen molar-refractivity contribution in [1.29, 1.82) is 0 Å². The van der Waals surface area contributed by atoms with Crippen LogP contribution in [0.25, 0.3) is 0 Å². The maximum atomic E-state index is 11.9. The van der Waals surface area contributed by atoms with Crippen LogP contribution in [0.1, 0.15) is 25.7 Å². The normalized spacial score (nSPS) is 29.8. The second-order valence-corrected chi connectivity index (χ2v) is 5.28. The minimum atomic E-state index is -0.236. The Morgan fingerprint density at radius 2 is 1.94 bits per heavy atom. The first kappa shape index (κ1) is 11.9. The van der Waals surface area contributed by atoms with Crippen molar-refractivity contribution in [3.63, 3.8) is 0 Å². The average molecular weight is 225 g/mol. The predicted molar refractivity (Wildman–Crippen MR) is 64.0 cm³/mol. The molecule has 4 heteroatoms. The lowest BCUT2D eigenvalue weighted by atomic mass is 9.95. The minimum absolute atomic E-state index is 0.171. The van der Waals surface area contributed by atoms with Gasteiger partial charge in [0.25, 0.3) is 0 Å². The Morgan fingerprint density at radius 1 is 1.25 bits per heavy atom. The molecule has 2 saturated heterocycles. The van der Waals surface area contributed by atoms with Gasteiger partial charge in [0.1, 0.15) is 0 Å². The molecule has 2 aliphatic heterocycles. The predicted octanol–water partition coefficient (Wildman–Crippen LogP) is 0.278. The molecule has 2 aliphatic rings. The third kappa shape index (κ3) is 2.74. The molecule has 2 N–H and O–H groups in total. The van der Waals surface area contributed by atoms with Gasteiger partial charge in [-0.25, -0.2) is 0 Å². The first-order valence-corrected chi connectivity index (χ1v) is 6.39. The summed E-state index contributed by atoms with van der Waals surface area (Å²) in [6.07, 6.45) is 4.37. The van der Waals surface area contributed by atoms with Gasteiger partial charge in [0.15, 0.2) is 0 Å². The van der Waals surface area contributed by atoms with Crippen LogP contribution in [-0.2, 0) is 4.79 Å². The minimum Gasteiger partial charge on any atom is -0.341 e. The molecular formula is C12H23N3O. The van der Waals surface area contributed by atoms with Crippen LogP contribution in [0.2, 0.25) is 0 Å². The van der Waals surface area contributed by atoms with Crippen LogP contribution in [0.5, 0.6) is 0 Å². The first-order valence-electron chi connectivity index (χ1n) is 6.39. The van der Waals surface area contributed by atoms with Crippen LogP contribution in [0, 0.1) is 5.92 Å². The summed E-state index contributed by atoms with van der Waals surface area (Å²) >= 11 is 0. The highest BCUT2D eigenvalue weighted by Gasteiger charge is 2.28. The highest BCUT2D eigenvalue weighted by Crippen LogP contribution is 2.19. The van der Waals surface area contributed by atoms with Crippen LogP contribution < -0.4 is 5.73 Å². The summed E-state index contributed by atoms with van der Waals surface area (Å²) in [5.41, 5.74) is 5.80. The topological polar surface area (TPSA) is 49.6 Å². The molecule has 2 fully saturated rings. The smallest absolute Gasteiger partial charge is 0.239 e. The summed E-state index contributed by atoms with van der Waals surface area (Å²) in [5.74, 6) is 0.857. The average Bonchev–Trinajstić information content (AvgIpc) is 2.28. The van der Waals surface area contributed by atoms with Gasteiger partial charge in [0.05, 0.1) is 6.04 Å². The van der Waals surface area contributed by atoms with E-state index in [1.165, 1.54) is 25.9 Å². The first-order chi connectivity index (χ1) is 7.66. The lowest BCUT2D eigenvalue weighted by molar-refractivity contribution is -0.135. The third-order valence-corrected chi connectivity index (χ3v) is 3.89. The number of hydrogen-bond donors (Lipinski definition) is 1. The largest absolute Gasteiger partial charge is 0.341 e. The van der Waals surface area contributed by atoms with Crippen molar-refractivity contribution in [3.05, 3.63) is 0 Å². The zero-order valence-corrected chi connectivity index (χ0v) is 10.2. The van der Waals surface area contributed by atoms with Crippen LogP contribution in [0.4, 0.5) is 0 Å². The highest BCUT2D eigenvalue weighted by molar-refractivity contribution is 5.82. The van der Waals surface area contributed by atoms with Crippen molar-refractivity contribution in [3.8, 4) is 0 Å². The molecule has 0 radical (unpaired) electrons. The molecule has 4 nitrogen and oxygen atoms in total. The molecule has 92 valence electrons. The molecule has 0 aromatic heterocycles. The standard InChI is InChI=1S/C12H23N3O/c1-14-7-4-10(5-8-14)9-15-6-2-3-11(13)12(15)16/h10-11H,2-9,13H2,1H3. The summed E-state index contributed by atoms with van der Waals surface area (Å²) in [6, 6.07) is -0.236. The number of rotatable bonds is 2. The fourth-order valence-electron chi connectivity index (χ4n) is 2.71. The van der Waals surface area contributed by atoms with E-state index < -0.39 is 0 Å². The molecule has 0 aliphatic carbocycles. The maximum absolute atomic E-state index is 11.9. The van der Waals surface area contributed by atoms with E-state index in [2.05, 4.69) is 11.9 Å². The van der Waals surface area contributed by atoms with E-state index in [4.69, 9.17) is 5.73 Å². The van der Waals surface area contributed by atoms with E-state index in [9.17, 15) is 4.79 Å². The van der Waals surface area contributed by atoms with E-state index in [-0.39, 0.29) is 11.9 Å².